The number of carbonyl (C=O) groups is 3. The highest BCUT2D eigenvalue weighted by Gasteiger charge is 2.49. The Balaban J connectivity index is 1.70. The lowest BCUT2D eigenvalue weighted by molar-refractivity contribution is -0.133. The number of esters is 1. The third-order valence-corrected chi connectivity index (χ3v) is 6.33. The summed E-state index contributed by atoms with van der Waals surface area (Å²) in [6.45, 7) is 2.12. The maximum atomic E-state index is 13.8. The lowest BCUT2D eigenvalue weighted by Gasteiger charge is -2.43. The quantitative estimate of drug-likeness (QED) is 0.481. The van der Waals surface area contributed by atoms with Gasteiger partial charge in [0.1, 0.15) is 22.7 Å². The summed E-state index contributed by atoms with van der Waals surface area (Å²) >= 11 is 0. The molecule has 1 aliphatic heterocycles. The van der Waals surface area contributed by atoms with E-state index in [2.05, 4.69) is 10.3 Å². The van der Waals surface area contributed by atoms with Crippen molar-refractivity contribution in [1.82, 2.24) is 19.8 Å². The first-order valence-corrected chi connectivity index (χ1v) is 11.3. The summed E-state index contributed by atoms with van der Waals surface area (Å²) in [7, 11) is 4.35. The van der Waals surface area contributed by atoms with Crippen molar-refractivity contribution >= 4 is 17.8 Å². The third kappa shape index (κ3) is 4.49. The van der Waals surface area contributed by atoms with Crippen LogP contribution >= 0.6 is 0 Å². The summed E-state index contributed by atoms with van der Waals surface area (Å²) < 4.78 is 17.0. The van der Waals surface area contributed by atoms with Crippen molar-refractivity contribution in [3.8, 4) is 11.5 Å². The molecule has 0 spiro atoms. The molecule has 10 heteroatoms. The highest BCUT2D eigenvalue weighted by molar-refractivity contribution is 6.06. The second-order valence-electron chi connectivity index (χ2n) is 8.57. The summed E-state index contributed by atoms with van der Waals surface area (Å²) in [5.41, 5.74) is 0.270. The Morgan fingerprint density at radius 2 is 1.86 bits per heavy atom. The topological polar surface area (TPSA) is 112 Å². The van der Waals surface area contributed by atoms with Crippen molar-refractivity contribution in [1.29, 1.82) is 0 Å². The molecule has 36 heavy (non-hydrogen) atoms. The van der Waals surface area contributed by atoms with E-state index in [0.29, 0.717) is 11.5 Å². The SMILES string of the molecule is COC(=O)c1ncn2c1C(=O)N(Cc1cccc(OC)c1)C(C)(C(=O)NCc1ccccc1OC)C2. The molecule has 0 saturated heterocycles. The molecule has 10 nitrogen and oxygen atoms in total. The van der Waals surface area contributed by atoms with Crippen molar-refractivity contribution in [2.45, 2.75) is 32.1 Å². The van der Waals surface area contributed by atoms with Gasteiger partial charge in [-0.25, -0.2) is 9.78 Å². The molecule has 1 aliphatic rings. The van der Waals surface area contributed by atoms with E-state index in [0.717, 1.165) is 11.1 Å². The van der Waals surface area contributed by atoms with Crippen LogP contribution in [0.15, 0.2) is 54.9 Å². The number of benzene rings is 2. The minimum absolute atomic E-state index is 0.0831. The highest BCUT2D eigenvalue weighted by atomic mass is 16.5. The minimum Gasteiger partial charge on any atom is -0.497 e. The van der Waals surface area contributed by atoms with Gasteiger partial charge < -0.3 is 29.0 Å². The first kappa shape index (κ1) is 24.8. The molecule has 2 aromatic carbocycles. The molecule has 1 aromatic heterocycles. The van der Waals surface area contributed by atoms with Crippen LogP contribution in [-0.2, 0) is 29.2 Å². The molecule has 0 aliphatic carbocycles. The molecule has 3 aromatic rings. The number of nitrogens with zero attached hydrogens (tertiary/aromatic N) is 3. The maximum Gasteiger partial charge on any atom is 0.359 e. The van der Waals surface area contributed by atoms with Crippen LogP contribution < -0.4 is 14.8 Å². The molecular formula is C26H28N4O6. The van der Waals surface area contributed by atoms with E-state index in [-0.39, 0.29) is 36.9 Å². The van der Waals surface area contributed by atoms with Gasteiger partial charge in [0.15, 0.2) is 5.69 Å². The Bertz CT molecular complexity index is 1300. The molecule has 2 heterocycles. The summed E-state index contributed by atoms with van der Waals surface area (Å²) in [5.74, 6) is -0.307. The summed E-state index contributed by atoms with van der Waals surface area (Å²) in [5, 5.41) is 2.95. The number of ether oxygens (including phenoxy) is 3. The molecule has 4 rings (SSSR count). The Morgan fingerprint density at radius 1 is 1.08 bits per heavy atom. The van der Waals surface area contributed by atoms with E-state index in [1.807, 2.05) is 36.4 Å². The van der Waals surface area contributed by atoms with Crippen LogP contribution in [0.1, 0.15) is 39.0 Å². The summed E-state index contributed by atoms with van der Waals surface area (Å²) in [6.07, 6.45) is 1.38. The third-order valence-electron chi connectivity index (χ3n) is 6.33. The minimum atomic E-state index is -1.29. The molecular weight excluding hydrogens is 464 g/mol. The Labute approximate surface area is 208 Å². The summed E-state index contributed by atoms with van der Waals surface area (Å²) in [4.78, 5) is 45.3. The molecule has 2 amide bonds. The van der Waals surface area contributed by atoms with Crippen LogP contribution in [0, 0.1) is 0 Å². The molecule has 0 fully saturated rings. The molecule has 188 valence electrons. The fraction of sp³-hybridized carbons (Fsp3) is 0.308. The van der Waals surface area contributed by atoms with Crippen LogP contribution in [0.5, 0.6) is 11.5 Å². The smallest absolute Gasteiger partial charge is 0.359 e. The Hall–Kier alpha value is -4.34. The van der Waals surface area contributed by atoms with E-state index in [4.69, 9.17) is 14.2 Å². The van der Waals surface area contributed by atoms with Gasteiger partial charge in [0.25, 0.3) is 5.91 Å². The van der Waals surface area contributed by atoms with Crippen LogP contribution in [0.3, 0.4) is 0 Å². The second-order valence-corrected chi connectivity index (χ2v) is 8.57. The number of methoxy groups -OCH3 is 3. The number of carbonyl (C=O) groups excluding carboxylic acids is 3. The molecule has 1 N–H and O–H groups in total. The van der Waals surface area contributed by atoms with Crippen LogP contribution in [0.2, 0.25) is 0 Å². The number of fused-ring (bicyclic) bond motifs is 1. The number of hydrogen-bond donors (Lipinski definition) is 1. The van der Waals surface area contributed by atoms with Gasteiger partial charge in [0.2, 0.25) is 5.91 Å². The van der Waals surface area contributed by atoms with Gasteiger partial charge in [-0.3, -0.25) is 9.59 Å². The number of nitrogens with one attached hydrogen (secondary N) is 1. The zero-order chi connectivity index (χ0) is 25.9. The van der Waals surface area contributed by atoms with Crippen molar-refractivity contribution in [2.75, 3.05) is 21.3 Å². The fourth-order valence-corrected chi connectivity index (χ4v) is 4.35. The number of aromatic nitrogens is 2. The molecule has 0 bridgehead atoms. The Morgan fingerprint density at radius 3 is 2.58 bits per heavy atom. The molecule has 1 unspecified atom stereocenters. The van der Waals surface area contributed by atoms with Crippen molar-refractivity contribution in [3.63, 3.8) is 0 Å². The summed E-state index contributed by atoms with van der Waals surface area (Å²) in [6, 6.07) is 14.6. The van der Waals surface area contributed by atoms with Crippen LogP contribution in [0.25, 0.3) is 0 Å². The van der Waals surface area contributed by atoms with Crippen LogP contribution in [0.4, 0.5) is 0 Å². The maximum absolute atomic E-state index is 13.8. The number of para-hydroxylation sites is 1. The molecule has 0 saturated carbocycles. The van der Waals surface area contributed by atoms with Gasteiger partial charge in [0, 0.05) is 18.7 Å². The number of hydrogen-bond acceptors (Lipinski definition) is 7. The molecule has 0 radical (unpaired) electrons. The predicted molar refractivity (Wildman–Crippen MR) is 130 cm³/mol. The van der Waals surface area contributed by atoms with Crippen LogP contribution in [-0.4, -0.2) is 59.1 Å². The van der Waals surface area contributed by atoms with Crippen molar-refractivity contribution in [2.24, 2.45) is 0 Å². The zero-order valence-electron chi connectivity index (χ0n) is 20.6. The van der Waals surface area contributed by atoms with Gasteiger partial charge in [0.05, 0.1) is 34.2 Å². The van der Waals surface area contributed by atoms with E-state index < -0.39 is 17.4 Å². The normalized spacial score (nSPS) is 16.8. The van der Waals surface area contributed by atoms with E-state index in [1.165, 1.54) is 22.9 Å². The second kappa shape index (κ2) is 10.1. The number of imidazole rings is 1. The van der Waals surface area contributed by atoms with Gasteiger partial charge in [-0.05, 0) is 30.7 Å². The monoisotopic (exact) mass is 492 g/mol. The Kier molecular flexibility index (Phi) is 6.96. The van der Waals surface area contributed by atoms with Crippen molar-refractivity contribution in [3.05, 3.63) is 77.4 Å². The van der Waals surface area contributed by atoms with Gasteiger partial charge in [-0.1, -0.05) is 30.3 Å². The first-order valence-electron chi connectivity index (χ1n) is 11.3. The lowest BCUT2D eigenvalue weighted by atomic mass is 9.93. The average Bonchev–Trinajstić information content (AvgIpc) is 3.33. The number of rotatable bonds is 8. The average molecular weight is 493 g/mol. The fourth-order valence-electron chi connectivity index (χ4n) is 4.35. The predicted octanol–water partition coefficient (Wildman–Crippen LogP) is 2.42. The van der Waals surface area contributed by atoms with Gasteiger partial charge in [-0.2, -0.15) is 0 Å². The van der Waals surface area contributed by atoms with Gasteiger partial charge >= 0.3 is 5.97 Å². The standard InChI is InChI=1S/C26H28N4O6/c1-26(25(33)27-13-18-9-5-6-11-20(18)35-3)15-29-16-28-21(24(32)36-4)22(29)23(31)30(26)14-17-8-7-10-19(12-17)34-2/h5-12,16H,13-15H2,1-4H3,(H,27,33). The number of amides is 2. The van der Waals surface area contributed by atoms with E-state index in [9.17, 15) is 14.4 Å². The van der Waals surface area contributed by atoms with Gasteiger partial charge in [-0.15, -0.1) is 0 Å². The first-order chi connectivity index (χ1) is 17.3. The van der Waals surface area contributed by atoms with E-state index in [1.54, 1.807) is 33.3 Å². The van der Waals surface area contributed by atoms with Crippen molar-refractivity contribution < 1.29 is 28.6 Å². The van der Waals surface area contributed by atoms with E-state index >= 15 is 0 Å². The lowest BCUT2D eigenvalue weighted by Crippen LogP contribution is -2.63. The zero-order valence-corrected chi connectivity index (χ0v) is 20.6. The largest absolute Gasteiger partial charge is 0.497 e. The highest BCUT2D eigenvalue weighted by Crippen LogP contribution is 2.31. The molecule has 1 atom stereocenters.